The van der Waals surface area contributed by atoms with Crippen LogP contribution >= 0.6 is 0 Å². The second-order valence-electron chi connectivity index (χ2n) is 4.29. The number of aliphatic carboxylic acids is 2. The lowest BCUT2D eigenvalue weighted by atomic mass is 9.90. The zero-order chi connectivity index (χ0) is 12.1. The Morgan fingerprint density at radius 1 is 1.50 bits per heavy atom. The molecule has 8 heteroatoms. The Morgan fingerprint density at radius 2 is 2.12 bits per heavy atom. The molecule has 0 heterocycles. The molecule has 2 fully saturated rings. The Bertz CT molecular complexity index is 418. The van der Waals surface area contributed by atoms with Crippen LogP contribution in [0.3, 0.4) is 0 Å². The van der Waals surface area contributed by atoms with Crippen molar-refractivity contribution in [1.29, 1.82) is 0 Å². The molecule has 5 atom stereocenters. The molecule has 0 bridgehead atoms. The highest BCUT2D eigenvalue weighted by atomic mass is 16.4. The molecule has 0 spiro atoms. The first kappa shape index (κ1) is 10.7. The van der Waals surface area contributed by atoms with Gasteiger partial charge in [-0.3, -0.25) is 9.59 Å². The zero-order valence-electron chi connectivity index (χ0n) is 8.15. The number of carboxylic acids is 2. The van der Waals surface area contributed by atoms with Gasteiger partial charge in [-0.15, -0.1) is 0 Å². The third-order valence-corrected chi connectivity index (χ3v) is 3.54. The highest BCUT2D eigenvalue weighted by Crippen LogP contribution is 2.62. The Labute approximate surface area is 89.7 Å². The van der Waals surface area contributed by atoms with E-state index in [0.717, 1.165) is 0 Å². The molecule has 2 aliphatic carbocycles. The lowest BCUT2D eigenvalue weighted by Crippen LogP contribution is -2.50. The molecule has 0 aromatic heterocycles. The fraction of sp³-hybridized carbons (Fsp3) is 0.750. The van der Waals surface area contributed by atoms with Gasteiger partial charge in [0, 0.05) is 16.9 Å². The predicted octanol–water partition coefficient (Wildman–Crippen LogP) is -0.202. The minimum Gasteiger partial charge on any atom is -0.481 e. The topological polar surface area (TPSA) is 149 Å². The van der Waals surface area contributed by atoms with E-state index in [1.54, 1.807) is 0 Å². The van der Waals surface area contributed by atoms with Crippen LogP contribution in [0.4, 0.5) is 0 Å². The summed E-state index contributed by atoms with van der Waals surface area (Å²) >= 11 is 0. The molecule has 0 aromatic carbocycles. The molecular weight excluding hydrogens is 216 g/mol. The van der Waals surface area contributed by atoms with Gasteiger partial charge in [-0.2, -0.15) is 0 Å². The summed E-state index contributed by atoms with van der Waals surface area (Å²) in [5.74, 6) is -4.18. The molecule has 0 saturated heterocycles. The van der Waals surface area contributed by atoms with Gasteiger partial charge in [0.25, 0.3) is 0 Å². The van der Waals surface area contributed by atoms with Crippen LogP contribution < -0.4 is 5.73 Å². The van der Waals surface area contributed by atoms with Crippen molar-refractivity contribution in [2.75, 3.05) is 0 Å². The number of nitrogens with zero attached hydrogens (tertiary/aromatic N) is 3. The van der Waals surface area contributed by atoms with Crippen molar-refractivity contribution >= 4 is 11.9 Å². The van der Waals surface area contributed by atoms with Gasteiger partial charge in [0.1, 0.15) is 5.54 Å². The third-order valence-electron chi connectivity index (χ3n) is 3.54. The van der Waals surface area contributed by atoms with Crippen LogP contribution in [-0.2, 0) is 9.59 Å². The Kier molecular flexibility index (Phi) is 2.08. The van der Waals surface area contributed by atoms with E-state index in [1.165, 1.54) is 0 Å². The van der Waals surface area contributed by atoms with Crippen molar-refractivity contribution in [3.8, 4) is 0 Å². The van der Waals surface area contributed by atoms with Gasteiger partial charge in [-0.1, -0.05) is 5.11 Å². The van der Waals surface area contributed by atoms with E-state index in [0.29, 0.717) is 0 Å². The molecule has 1 unspecified atom stereocenters. The largest absolute Gasteiger partial charge is 0.481 e. The second kappa shape index (κ2) is 3.10. The maximum absolute atomic E-state index is 11.0. The number of azide groups is 1. The highest BCUT2D eigenvalue weighted by molar-refractivity contribution is 5.85. The summed E-state index contributed by atoms with van der Waals surface area (Å²) in [5, 5.41) is 21.3. The number of hydrogen-bond acceptors (Lipinski definition) is 4. The molecule has 0 amide bonds. The molecular formula is C8H10N4O4. The number of hydrogen-bond donors (Lipinski definition) is 3. The van der Waals surface area contributed by atoms with Crippen molar-refractivity contribution in [1.82, 2.24) is 0 Å². The van der Waals surface area contributed by atoms with E-state index in [1.807, 2.05) is 0 Å². The van der Waals surface area contributed by atoms with Crippen LogP contribution in [-0.4, -0.2) is 33.7 Å². The Balaban J connectivity index is 2.32. The van der Waals surface area contributed by atoms with Gasteiger partial charge >= 0.3 is 11.9 Å². The first-order chi connectivity index (χ1) is 7.43. The van der Waals surface area contributed by atoms with Gasteiger partial charge in [-0.25, -0.2) is 0 Å². The van der Waals surface area contributed by atoms with Gasteiger partial charge < -0.3 is 15.9 Å². The summed E-state index contributed by atoms with van der Waals surface area (Å²) in [6.45, 7) is 0. The van der Waals surface area contributed by atoms with E-state index in [-0.39, 0.29) is 6.42 Å². The molecule has 0 aromatic rings. The lowest BCUT2D eigenvalue weighted by Gasteiger charge is -2.22. The third kappa shape index (κ3) is 1.17. The molecule has 86 valence electrons. The van der Waals surface area contributed by atoms with Crippen molar-refractivity contribution in [2.45, 2.75) is 18.0 Å². The van der Waals surface area contributed by atoms with Gasteiger partial charge in [0.15, 0.2) is 0 Å². The smallest absolute Gasteiger partial charge is 0.324 e. The van der Waals surface area contributed by atoms with Crippen LogP contribution in [0.25, 0.3) is 10.4 Å². The SMILES string of the molecule is [N-]=[N+]=NC1C[C@@](N)(C(=O)O)[C@@H]2[C@@H](C(=O)O)[C@H]12. The molecule has 2 rings (SSSR count). The fourth-order valence-electron chi connectivity index (χ4n) is 2.83. The quantitative estimate of drug-likeness (QED) is 0.346. The average molecular weight is 226 g/mol. The number of rotatable bonds is 3. The molecule has 8 nitrogen and oxygen atoms in total. The summed E-state index contributed by atoms with van der Waals surface area (Å²) in [7, 11) is 0. The summed E-state index contributed by atoms with van der Waals surface area (Å²) in [5.41, 5.74) is 12.4. The van der Waals surface area contributed by atoms with Crippen LogP contribution in [0.2, 0.25) is 0 Å². The molecule has 2 saturated carbocycles. The fourth-order valence-corrected chi connectivity index (χ4v) is 2.83. The summed E-state index contributed by atoms with van der Waals surface area (Å²) in [4.78, 5) is 24.5. The monoisotopic (exact) mass is 226 g/mol. The Hall–Kier alpha value is -1.79. The Morgan fingerprint density at radius 3 is 2.56 bits per heavy atom. The predicted molar refractivity (Wildman–Crippen MR) is 50.2 cm³/mol. The minimum absolute atomic E-state index is 0.00546. The summed E-state index contributed by atoms with van der Waals surface area (Å²) < 4.78 is 0. The minimum atomic E-state index is -1.58. The standard InChI is InChI=1S/C8H10N4O4/c9-8(7(15)16)1-2(11-12-10)3-4(5(3)8)6(13)14/h2-5H,1,9H2,(H,13,14)(H,15,16)/t2?,3-,4-,5-,8-/m0/s1. The van der Waals surface area contributed by atoms with E-state index in [2.05, 4.69) is 10.0 Å². The van der Waals surface area contributed by atoms with Gasteiger partial charge in [-0.05, 0) is 17.9 Å². The maximum atomic E-state index is 11.0. The van der Waals surface area contributed by atoms with Crippen LogP contribution in [0.5, 0.6) is 0 Å². The zero-order valence-corrected chi connectivity index (χ0v) is 8.15. The van der Waals surface area contributed by atoms with Crippen LogP contribution in [0.15, 0.2) is 5.11 Å². The summed E-state index contributed by atoms with van der Waals surface area (Å²) in [6, 6.07) is -0.628. The number of carboxylic acid groups (broad SMARTS) is 2. The first-order valence-electron chi connectivity index (χ1n) is 4.72. The normalized spacial score (nSPS) is 44.3. The van der Waals surface area contributed by atoms with E-state index < -0.39 is 41.3 Å². The summed E-state index contributed by atoms with van der Waals surface area (Å²) in [6.07, 6.45) is 0.00546. The van der Waals surface area contributed by atoms with Crippen molar-refractivity contribution < 1.29 is 19.8 Å². The average Bonchev–Trinajstić information content (AvgIpc) is 2.85. The van der Waals surface area contributed by atoms with Gasteiger partial charge in [0.05, 0.1) is 5.92 Å². The van der Waals surface area contributed by atoms with Crippen molar-refractivity contribution in [3.05, 3.63) is 10.4 Å². The molecule has 4 N–H and O–H groups in total. The van der Waals surface area contributed by atoms with Crippen LogP contribution in [0.1, 0.15) is 6.42 Å². The number of fused-ring (bicyclic) bond motifs is 1. The molecule has 16 heavy (non-hydrogen) atoms. The van der Waals surface area contributed by atoms with Crippen molar-refractivity contribution in [2.24, 2.45) is 28.6 Å². The van der Waals surface area contributed by atoms with E-state index >= 15 is 0 Å². The second-order valence-corrected chi connectivity index (χ2v) is 4.29. The number of nitrogens with two attached hydrogens (primary N) is 1. The van der Waals surface area contributed by atoms with Crippen LogP contribution in [0, 0.1) is 17.8 Å². The van der Waals surface area contributed by atoms with Gasteiger partial charge in [0.2, 0.25) is 0 Å². The molecule has 2 aliphatic rings. The van der Waals surface area contributed by atoms with E-state index in [4.69, 9.17) is 21.5 Å². The highest BCUT2D eigenvalue weighted by Gasteiger charge is 2.73. The molecule has 0 aliphatic heterocycles. The molecule has 0 radical (unpaired) electrons. The maximum Gasteiger partial charge on any atom is 0.324 e. The van der Waals surface area contributed by atoms with Crippen molar-refractivity contribution in [3.63, 3.8) is 0 Å². The number of carbonyl (C=O) groups is 2. The van der Waals surface area contributed by atoms with E-state index in [9.17, 15) is 9.59 Å². The lowest BCUT2D eigenvalue weighted by molar-refractivity contribution is -0.145. The first-order valence-corrected chi connectivity index (χ1v) is 4.72.